The lowest BCUT2D eigenvalue weighted by atomic mass is 10.1. The molecule has 2 aromatic heterocycles. The van der Waals surface area contributed by atoms with Gasteiger partial charge in [-0.15, -0.1) is 0 Å². The maximum Gasteiger partial charge on any atom is 0.322 e. The number of rotatable bonds is 7. The van der Waals surface area contributed by atoms with E-state index in [2.05, 4.69) is 15.3 Å². The number of pyridine rings is 1. The third kappa shape index (κ3) is 4.75. The number of halogens is 1. The van der Waals surface area contributed by atoms with Gasteiger partial charge in [-0.05, 0) is 42.3 Å². The topological polar surface area (TPSA) is 98.3 Å². The van der Waals surface area contributed by atoms with Gasteiger partial charge in [0.2, 0.25) is 5.91 Å². The Labute approximate surface area is 173 Å². The number of carbonyl (C=O) groups excluding carboxylic acids is 1. The Hall–Kier alpha value is -3.32. The van der Waals surface area contributed by atoms with E-state index in [1.54, 1.807) is 36.4 Å². The number of hydrogen-bond donors (Lipinski definition) is 3. The van der Waals surface area contributed by atoms with Crippen molar-refractivity contribution >= 4 is 46.3 Å². The number of benzene rings is 1. The second-order valence-corrected chi connectivity index (χ2v) is 7.00. The highest BCUT2D eigenvalue weighted by Gasteiger charge is 2.19. The van der Waals surface area contributed by atoms with Gasteiger partial charge in [0.25, 0.3) is 0 Å². The summed E-state index contributed by atoms with van der Waals surface area (Å²) in [4.78, 5) is 32.1. The monoisotopic (exact) mass is 412 g/mol. The van der Waals surface area contributed by atoms with Gasteiger partial charge in [-0.25, -0.2) is 4.98 Å². The molecule has 150 valence electrons. The SMILES string of the molecule is CC(c1c[nH]c2c(Cl)cccc12)N(C)C(=O)C=Cc1ccc(NCC(=O)O)nc1. The lowest BCUT2D eigenvalue weighted by Crippen LogP contribution is -2.27. The highest BCUT2D eigenvalue weighted by atomic mass is 35.5. The Bertz CT molecular complexity index is 1060. The van der Waals surface area contributed by atoms with Gasteiger partial charge >= 0.3 is 5.97 Å². The first-order valence-corrected chi connectivity index (χ1v) is 9.36. The maximum absolute atomic E-state index is 12.6. The van der Waals surface area contributed by atoms with Crippen LogP contribution >= 0.6 is 11.6 Å². The number of para-hydroxylation sites is 1. The summed E-state index contributed by atoms with van der Waals surface area (Å²) in [6, 6.07) is 8.95. The van der Waals surface area contributed by atoms with Crippen molar-refractivity contribution in [1.29, 1.82) is 0 Å². The minimum absolute atomic E-state index is 0.151. The molecule has 7 nitrogen and oxygen atoms in total. The van der Waals surface area contributed by atoms with Gasteiger partial charge in [-0.1, -0.05) is 23.7 Å². The number of amides is 1. The molecule has 0 radical (unpaired) electrons. The molecule has 3 N–H and O–H groups in total. The molecule has 0 spiro atoms. The minimum Gasteiger partial charge on any atom is -0.480 e. The van der Waals surface area contributed by atoms with E-state index >= 15 is 0 Å². The maximum atomic E-state index is 12.6. The van der Waals surface area contributed by atoms with Crippen LogP contribution in [0.2, 0.25) is 5.02 Å². The van der Waals surface area contributed by atoms with Crippen molar-refractivity contribution in [3.63, 3.8) is 0 Å². The first-order chi connectivity index (χ1) is 13.9. The molecule has 3 aromatic rings. The predicted molar refractivity (Wildman–Crippen MR) is 114 cm³/mol. The van der Waals surface area contributed by atoms with E-state index in [1.807, 2.05) is 31.3 Å². The van der Waals surface area contributed by atoms with Crippen molar-refractivity contribution in [3.8, 4) is 0 Å². The summed E-state index contributed by atoms with van der Waals surface area (Å²) in [6.07, 6.45) is 6.60. The number of aliphatic carboxylic acids is 1. The minimum atomic E-state index is -0.962. The number of H-pyrrole nitrogens is 1. The first-order valence-electron chi connectivity index (χ1n) is 8.99. The van der Waals surface area contributed by atoms with Crippen LogP contribution in [0.1, 0.15) is 24.1 Å². The molecule has 1 amide bonds. The summed E-state index contributed by atoms with van der Waals surface area (Å²) in [5.41, 5.74) is 2.58. The van der Waals surface area contributed by atoms with Gasteiger partial charge < -0.3 is 20.3 Å². The van der Waals surface area contributed by atoms with Gasteiger partial charge in [0, 0.05) is 30.9 Å². The van der Waals surface area contributed by atoms with Gasteiger partial charge in [0.15, 0.2) is 0 Å². The summed E-state index contributed by atoms with van der Waals surface area (Å²) in [5.74, 6) is -0.655. The standard InChI is InChI=1S/C21H21ClN4O3/c1-13(16-11-25-21-15(16)4-3-5-17(21)22)26(2)19(27)9-7-14-6-8-18(23-10-14)24-12-20(28)29/h3-11,13,25H,12H2,1-2H3,(H,23,24)(H,28,29). The fraction of sp³-hybridized carbons (Fsp3) is 0.190. The predicted octanol–water partition coefficient (Wildman–Crippen LogP) is 3.95. The third-order valence-corrected chi connectivity index (χ3v) is 5.02. The molecule has 1 atom stereocenters. The molecule has 2 heterocycles. The largest absolute Gasteiger partial charge is 0.480 e. The molecule has 0 saturated heterocycles. The van der Waals surface area contributed by atoms with Gasteiger partial charge in [-0.3, -0.25) is 9.59 Å². The molecule has 0 saturated carbocycles. The number of nitrogens with zero attached hydrogens (tertiary/aromatic N) is 2. The number of aromatic nitrogens is 2. The molecular formula is C21H21ClN4O3. The zero-order chi connectivity index (χ0) is 21.0. The number of carboxylic acids is 1. The number of nitrogens with one attached hydrogen (secondary N) is 2. The van der Waals surface area contributed by atoms with Crippen molar-refractivity contribution in [3.05, 3.63) is 65.0 Å². The number of likely N-dealkylation sites (N-methyl/N-ethyl adjacent to an activating group) is 1. The summed E-state index contributed by atoms with van der Waals surface area (Å²) in [7, 11) is 1.75. The number of anilines is 1. The van der Waals surface area contributed by atoms with Gasteiger partial charge in [-0.2, -0.15) is 0 Å². The number of aromatic amines is 1. The summed E-state index contributed by atoms with van der Waals surface area (Å²) in [6.45, 7) is 1.75. The molecular weight excluding hydrogens is 392 g/mol. The summed E-state index contributed by atoms with van der Waals surface area (Å²) >= 11 is 6.22. The van der Waals surface area contributed by atoms with Gasteiger partial charge in [0.1, 0.15) is 12.4 Å². The lowest BCUT2D eigenvalue weighted by molar-refractivity contribution is -0.135. The van der Waals surface area contributed by atoms with Crippen LogP contribution < -0.4 is 5.32 Å². The van der Waals surface area contributed by atoms with Crippen LogP contribution in [-0.4, -0.2) is 45.4 Å². The molecule has 8 heteroatoms. The Morgan fingerprint density at radius 3 is 2.83 bits per heavy atom. The number of carbonyl (C=O) groups is 2. The molecule has 0 bridgehead atoms. The quantitative estimate of drug-likeness (QED) is 0.510. The van der Waals surface area contributed by atoms with E-state index in [-0.39, 0.29) is 18.5 Å². The van der Waals surface area contributed by atoms with E-state index in [4.69, 9.17) is 16.7 Å². The van der Waals surface area contributed by atoms with Crippen LogP contribution in [0.3, 0.4) is 0 Å². The van der Waals surface area contributed by atoms with E-state index in [0.717, 1.165) is 22.0 Å². The second-order valence-electron chi connectivity index (χ2n) is 6.59. The first kappa shape index (κ1) is 20.4. The average molecular weight is 413 g/mol. The summed E-state index contributed by atoms with van der Waals surface area (Å²) in [5, 5.41) is 13.0. The normalized spacial score (nSPS) is 12.2. The molecule has 3 rings (SSSR count). The Kier molecular flexibility index (Phi) is 6.19. The van der Waals surface area contributed by atoms with Crippen molar-refractivity contribution in [2.75, 3.05) is 18.9 Å². The fourth-order valence-corrected chi connectivity index (χ4v) is 3.17. The van der Waals surface area contributed by atoms with E-state index in [1.165, 1.54) is 6.08 Å². The third-order valence-electron chi connectivity index (χ3n) is 4.70. The van der Waals surface area contributed by atoms with Crippen molar-refractivity contribution in [1.82, 2.24) is 14.9 Å². The number of carboxylic acid groups (broad SMARTS) is 1. The van der Waals surface area contributed by atoms with Crippen LogP contribution in [0.4, 0.5) is 5.82 Å². The Morgan fingerprint density at radius 1 is 1.34 bits per heavy atom. The van der Waals surface area contributed by atoms with E-state index < -0.39 is 5.97 Å². The molecule has 29 heavy (non-hydrogen) atoms. The molecule has 1 aromatic carbocycles. The molecule has 0 aliphatic heterocycles. The van der Waals surface area contributed by atoms with Crippen LogP contribution in [0.25, 0.3) is 17.0 Å². The highest BCUT2D eigenvalue weighted by molar-refractivity contribution is 6.35. The van der Waals surface area contributed by atoms with Crippen molar-refractivity contribution < 1.29 is 14.7 Å². The number of hydrogen-bond acceptors (Lipinski definition) is 4. The molecule has 0 fully saturated rings. The fourth-order valence-electron chi connectivity index (χ4n) is 2.94. The Morgan fingerprint density at radius 2 is 2.14 bits per heavy atom. The Balaban J connectivity index is 1.67. The van der Waals surface area contributed by atoms with Crippen LogP contribution in [0.5, 0.6) is 0 Å². The van der Waals surface area contributed by atoms with Crippen LogP contribution in [-0.2, 0) is 9.59 Å². The lowest BCUT2D eigenvalue weighted by Gasteiger charge is -2.23. The molecule has 0 aliphatic rings. The second kappa shape index (κ2) is 8.79. The van der Waals surface area contributed by atoms with Crippen molar-refractivity contribution in [2.24, 2.45) is 0 Å². The summed E-state index contributed by atoms with van der Waals surface area (Å²) < 4.78 is 0. The van der Waals surface area contributed by atoms with Gasteiger partial charge in [0.05, 0.1) is 16.6 Å². The van der Waals surface area contributed by atoms with E-state index in [9.17, 15) is 9.59 Å². The van der Waals surface area contributed by atoms with Crippen molar-refractivity contribution in [2.45, 2.75) is 13.0 Å². The van der Waals surface area contributed by atoms with Crippen LogP contribution in [0, 0.1) is 0 Å². The highest BCUT2D eigenvalue weighted by Crippen LogP contribution is 2.31. The zero-order valence-electron chi connectivity index (χ0n) is 16.0. The molecule has 1 unspecified atom stereocenters. The van der Waals surface area contributed by atoms with E-state index in [0.29, 0.717) is 10.8 Å². The molecule has 0 aliphatic carbocycles. The number of fused-ring (bicyclic) bond motifs is 1. The average Bonchev–Trinajstić information content (AvgIpc) is 3.15. The smallest absolute Gasteiger partial charge is 0.322 e. The zero-order valence-corrected chi connectivity index (χ0v) is 16.8. The van der Waals surface area contributed by atoms with Crippen LogP contribution in [0.15, 0.2) is 48.8 Å².